The van der Waals surface area contributed by atoms with E-state index in [4.69, 9.17) is 9.47 Å². The van der Waals surface area contributed by atoms with Gasteiger partial charge in [0.25, 0.3) is 0 Å². The summed E-state index contributed by atoms with van der Waals surface area (Å²) in [5.74, 6) is 0.0460. The van der Waals surface area contributed by atoms with Crippen LogP contribution in [-0.2, 0) is 16.0 Å². The Labute approximate surface area is 193 Å². The number of benzene rings is 3. The standard InChI is InChI=1S/C27H26N2O4/c1-2-32-25-19-23(20-28-29-26(30)17-14-21-9-5-3-6-10-21)13-16-24(25)33-27(31)18-15-22-11-7-4-8-12-22/h3-13,15-16,18-20H,2,14,17H2,1H3,(H,29,30). The van der Waals surface area contributed by atoms with Crippen LogP contribution in [0.15, 0.2) is 90.0 Å². The third-order valence-corrected chi connectivity index (χ3v) is 4.58. The van der Waals surface area contributed by atoms with Crippen molar-refractivity contribution >= 4 is 24.2 Å². The van der Waals surface area contributed by atoms with E-state index in [1.54, 1.807) is 24.3 Å². The summed E-state index contributed by atoms with van der Waals surface area (Å²) in [4.78, 5) is 24.2. The van der Waals surface area contributed by atoms with E-state index >= 15 is 0 Å². The van der Waals surface area contributed by atoms with Crippen molar-refractivity contribution in [3.8, 4) is 11.5 Å². The monoisotopic (exact) mass is 442 g/mol. The maximum atomic E-state index is 12.2. The topological polar surface area (TPSA) is 77.0 Å². The lowest BCUT2D eigenvalue weighted by Gasteiger charge is -2.10. The second-order valence-electron chi connectivity index (χ2n) is 7.08. The average molecular weight is 443 g/mol. The van der Waals surface area contributed by atoms with Crippen molar-refractivity contribution in [1.29, 1.82) is 0 Å². The van der Waals surface area contributed by atoms with E-state index in [1.807, 2.05) is 67.6 Å². The number of hydrogen-bond donors (Lipinski definition) is 1. The van der Waals surface area contributed by atoms with Gasteiger partial charge in [0, 0.05) is 12.5 Å². The first-order chi connectivity index (χ1) is 16.1. The maximum Gasteiger partial charge on any atom is 0.336 e. The molecule has 0 aliphatic heterocycles. The van der Waals surface area contributed by atoms with Crippen LogP contribution in [0, 0.1) is 0 Å². The van der Waals surface area contributed by atoms with E-state index in [0.29, 0.717) is 36.5 Å². The highest BCUT2D eigenvalue weighted by molar-refractivity contribution is 5.89. The van der Waals surface area contributed by atoms with Crippen molar-refractivity contribution in [3.05, 3.63) is 102 Å². The molecule has 6 heteroatoms. The van der Waals surface area contributed by atoms with Crippen molar-refractivity contribution in [1.82, 2.24) is 5.43 Å². The first-order valence-corrected chi connectivity index (χ1v) is 10.7. The number of aryl methyl sites for hydroxylation is 1. The van der Waals surface area contributed by atoms with Gasteiger partial charge in [0.2, 0.25) is 5.91 Å². The van der Waals surface area contributed by atoms with Crippen molar-refractivity contribution in [2.75, 3.05) is 6.61 Å². The van der Waals surface area contributed by atoms with Gasteiger partial charge in [-0.25, -0.2) is 10.2 Å². The number of rotatable bonds is 10. The number of hydrogen-bond acceptors (Lipinski definition) is 5. The molecule has 0 bridgehead atoms. The van der Waals surface area contributed by atoms with Crippen LogP contribution in [0.1, 0.15) is 30.0 Å². The number of carbonyl (C=O) groups is 2. The molecule has 0 saturated heterocycles. The van der Waals surface area contributed by atoms with E-state index in [1.165, 1.54) is 12.3 Å². The van der Waals surface area contributed by atoms with Gasteiger partial charge < -0.3 is 9.47 Å². The number of nitrogens with zero attached hydrogens (tertiary/aromatic N) is 1. The molecule has 0 fully saturated rings. The molecule has 3 rings (SSSR count). The predicted octanol–water partition coefficient (Wildman–Crippen LogP) is 4.79. The number of hydrazone groups is 1. The van der Waals surface area contributed by atoms with Crippen LogP contribution in [0.25, 0.3) is 6.08 Å². The molecule has 0 aliphatic carbocycles. The highest BCUT2D eigenvalue weighted by atomic mass is 16.6. The Morgan fingerprint density at radius 3 is 2.36 bits per heavy atom. The Morgan fingerprint density at radius 1 is 0.909 bits per heavy atom. The molecule has 0 aliphatic rings. The van der Waals surface area contributed by atoms with E-state index in [9.17, 15) is 9.59 Å². The van der Waals surface area contributed by atoms with Gasteiger partial charge in [0.05, 0.1) is 12.8 Å². The smallest absolute Gasteiger partial charge is 0.336 e. The molecule has 0 atom stereocenters. The van der Waals surface area contributed by atoms with Gasteiger partial charge in [-0.05, 0) is 54.3 Å². The molecule has 1 amide bonds. The Hall–Kier alpha value is -4.19. The highest BCUT2D eigenvalue weighted by Crippen LogP contribution is 2.28. The minimum absolute atomic E-state index is 0.170. The predicted molar refractivity (Wildman–Crippen MR) is 129 cm³/mol. The molecule has 168 valence electrons. The summed E-state index contributed by atoms with van der Waals surface area (Å²) in [6.07, 6.45) is 5.56. The van der Waals surface area contributed by atoms with Crippen LogP contribution in [0.5, 0.6) is 11.5 Å². The molecule has 0 spiro atoms. The molecule has 0 saturated carbocycles. The van der Waals surface area contributed by atoms with E-state index < -0.39 is 5.97 Å². The van der Waals surface area contributed by atoms with Gasteiger partial charge >= 0.3 is 5.97 Å². The first kappa shape index (κ1) is 23.5. The van der Waals surface area contributed by atoms with Gasteiger partial charge in [-0.1, -0.05) is 60.7 Å². The van der Waals surface area contributed by atoms with Crippen LogP contribution < -0.4 is 14.9 Å². The van der Waals surface area contributed by atoms with Crippen LogP contribution in [0.4, 0.5) is 0 Å². The molecule has 0 unspecified atom stereocenters. The first-order valence-electron chi connectivity index (χ1n) is 10.7. The van der Waals surface area contributed by atoms with E-state index in [2.05, 4.69) is 10.5 Å². The molecular weight excluding hydrogens is 416 g/mol. The van der Waals surface area contributed by atoms with Crippen molar-refractivity contribution in [2.24, 2.45) is 5.10 Å². The molecule has 0 aromatic heterocycles. The fraction of sp³-hybridized carbons (Fsp3) is 0.148. The Balaban J connectivity index is 1.56. The van der Waals surface area contributed by atoms with Gasteiger partial charge in [-0.2, -0.15) is 5.10 Å². The summed E-state index contributed by atoms with van der Waals surface area (Å²) in [6, 6.07) is 24.3. The van der Waals surface area contributed by atoms with Crippen LogP contribution in [0.3, 0.4) is 0 Å². The van der Waals surface area contributed by atoms with Crippen LogP contribution in [-0.4, -0.2) is 24.7 Å². The number of nitrogens with one attached hydrogen (secondary N) is 1. The lowest BCUT2D eigenvalue weighted by atomic mass is 10.1. The molecule has 3 aromatic rings. The lowest BCUT2D eigenvalue weighted by Crippen LogP contribution is -2.17. The average Bonchev–Trinajstić information content (AvgIpc) is 2.84. The molecular formula is C27H26N2O4. The molecule has 0 heterocycles. The second-order valence-corrected chi connectivity index (χ2v) is 7.08. The van der Waals surface area contributed by atoms with Crippen molar-refractivity contribution in [2.45, 2.75) is 19.8 Å². The summed E-state index contributed by atoms with van der Waals surface area (Å²) in [6.45, 7) is 2.25. The number of ether oxygens (including phenoxy) is 2. The normalized spacial score (nSPS) is 10.9. The van der Waals surface area contributed by atoms with E-state index in [0.717, 1.165) is 11.1 Å². The number of esters is 1. The minimum atomic E-state index is -0.507. The Bertz CT molecular complexity index is 1110. The summed E-state index contributed by atoms with van der Waals surface area (Å²) >= 11 is 0. The fourth-order valence-corrected chi connectivity index (χ4v) is 2.97. The SMILES string of the molecule is CCOc1cc(C=NNC(=O)CCc2ccccc2)ccc1OC(=O)C=Cc1ccccc1. The summed E-state index contributed by atoms with van der Waals surface area (Å²) < 4.78 is 11.0. The van der Waals surface area contributed by atoms with Gasteiger partial charge in [0.15, 0.2) is 11.5 Å². The molecule has 0 radical (unpaired) electrons. The van der Waals surface area contributed by atoms with Crippen molar-refractivity contribution < 1.29 is 19.1 Å². The van der Waals surface area contributed by atoms with Gasteiger partial charge in [0.1, 0.15) is 0 Å². The molecule has 33 heavy (non-hydrogen) atoms. The molecule has 3 aromatic carbocycles. The quantitative estimate of drug-likeness (QED) is 0.161. The zero-order chi connectivity index (χ0) is 23.3. The zero-order valence-corrected chi connectivity index (χ0v) is 18.4. The summed E-state index contributed by atoms with van der Waals surface area (Å²) in [7, 11) is 0. The third kappa shape index (κ3) is 8.10. The maximum absolute atomic E-state index is 12.2. The minimum Gasteiger partial charge on any atom is -0.490 e. The second kappa shape index (κ2) is 12.6. The zero-order valence-electron chi connectivity index (χ0n) is 18.4. The Kier molecular flexibility index (Phi) is 8.97. The summed E-state index contributed by atoms with van der Waals surface area (Å²) in [5, 5.41) is 4.01. The lowest BCUT2D eigenvalue weighted by molar-refractivity contribution is -0.129. The van der Waals surface area contributed by atoms with Gasteiger partial charge in [-0.15, -0.1) is 0 Å². The molecule has 6 nitrogen and oxygen atoms in total. The Morgan fingerprint density at radius 2 is 1.64 bits per heavy atom. The molecule has 1 N–H and O–H groups in total. The van der Waals surface area contributed by atoms with Crippen molar-refractivity contribution in [3.63, 3.8) is 0 Å². The summed E-state index contributed by atoms with van der Waals surface area (Å²) in [5.41, 5.74) is 5.22. The largest absolute Gasteiger partial charge is 0.490 e. The third-order valence-electron chi connectivity index (χ3n) is 4.58. The number of amides is 1. The van der Waals surface area contributed by atoms with Gasteiger partial charge in [-0.3, -0.25) is 4.79 Å². The highest BCUT2D eigenvalue weighted by Gasteiger charge is 2.09. The van der Waals surface area contributed by atoms with E-state index in [-0.39, 0.29) is 5.91 Å². The van der Waals surface area contributed by atoms with Crippen LogP contribution >= 0.6 is 0 Å². The van der Waals surface area contributed by atoms with Crippen LogP contribution in [0.2, 0.25) is 0 Å². The fourth-order valence-electron chi connectivity index (χ4n) is 2.97. The number of carbonyl (C=O) groups excluding carboxylic acids is 2.